The number of benzene rings is 1. The number of aliphatic carboxylic acids is 1. The third-order valence-corrected chi connectivity index (χ3v) is 3.10. The van der Waals surface area contributed by atoms with Crippen LogP contribution in [0, 0.1) is 0 Å². The molecule has 17 heavy (non-hydrogen) atoms. The maximum Gasteiger partial charge on any atom is 0.312 e. The van der Waals surface area contributed by atoms with Gasteiger partial charge in [0.05, 0.1) is 5.92 Å². The van der Waals surface area contributed by atoms with Gasteiger partial charge in [-0.05, 0) is 18.4 Å². The Labute approximate surface area is 103 Å². The first-order valence-electron chi connectivity index (χ1n) is 6.20. The minimum absolute atomic E-state index is 0.403. The molecule has 0 aliphatic rings. The van der Waals surface area contributed by atoms with Crippen molar-refractivity contribution in [2.75, 3.05) is 6.54 Å². The Morgan fingerprint density at radius 2 is 1.82 bits per heavy atom. The molecule has 0 fully saturated rings. The van der Waals surface area contributed by atoms with Crippen molar-refractivity contribution in [1.29, 1.82) is 0 Å². The van der Waals surface area contributed by atoms with Crippen LogP contribution in [0.3, 0.4) is 0 Å². The summed E-state index contributed by atoms with van der Waals surface area (Å²) in [6, 6.07) is 9.79. The van der Waals surface area contributed by atoms with E-state index in [1.807, 2.05) is 30.3 Å². The van der Waals surface area contributed by atoms with E-state index in [1.165, 1.54) is 0 Å². The predicted molar refractivity (Wildman–Crippen MR) is 69.2 cm³/mol. The quantitative estimate of drug-likeness (QED) is 0.764. The van der Waals surface area contributed by atoms with E-state index in [1.54, 1.807) is 0 Å². The first-order chi connectivity index (χ1) is 8.19. The lowest BCUT2D eigenvalue weighted by molar-refractivity contribution is -0.138. The summed E-state index contributed by atoms with van der Waals surface area (Å²) < 4.78 is 0. The number of hydrogen-bond donors (Lipinski definition) is 2. The summed E-state index contributed by atoms with van der Waals surface area (Å²) in [4.78, 5) is 11.2. The van der Waals surface area contributed by atoms with Gasteiger partial charge in [0.2, 0.25) is 0 Å². The molecule has 0 spiro atoms. The van der Waals surface area contributed by atoms with Crippen molar-refractivity contribution in [2.24, 2.45) is 0 Å². The molecule has 0 saturated heterocycles. The minimum atomic E-state index is -0.769. The summed E-state index contributed by atoms with van der Waals surface area (Å²) in [5.74, 6) is -1.23. The Hall–Kier alpha value is -1.35. The highest BCUT2D eigenvalue weighted by molar-refractivity contribution is 5.76. The molecule has 0 radical (unpaired) electrons. The van der Waals surface area contributed by atoms with E-state index in [2.05, 4.69) is 19.2 Å². The zero-order valence-corrected chi connectivity index (χ0v) is 10.5. The normalized spacial score (nSPS) is 12.6. The molecule has 0 aromatic heterocycles. The third-order valence-electron chi connectivity index (χ3n) is 3.10. The molecule has 1 rings (SSSR count). The molecular formula is C14H21NO2. The molecule has 94 valence electrons. The van der Waals surface area contributed by atoms with Crippen LogP contribution in [0.15, 0.2) is 30.3 Å². The molecule has 2 N–H and O–H groups in total. The van der Waals surface area contributed by atoms with Crippen LogP contribution in [0.1, 0.15) is 38.2 Å². The van der Waals surface area contributed by atoms with Crippen LogP contribution in [0.5, 0.6) is 0 Å². The summed E-state index contributed by atoms with van der Waals surface area (Å²) in [5.41, 5.74) is 0.860. The topological polar surface area (TPSA) is 49.3 Å². The molecule has 0 saturated carbocycles. The van der Waals surface area contributed by atoms with Crippen molar-refractivity contribution in [3.63, 3.8) is 0 Å². The molecule has 0 heterocycles. The smallest absolute Gasteiger partial charge is 0.312 e. The van der Waals surface area contributed by atoms with Gasteiger partial charge in [0.25, 0.3) is 0 Å². The number of carbonyl (C=O) groups is 1. The number of nitrogens with one attached hydrogen (secondary N) is 1. The van der Waals surface area contributed by atoms with Crippen molar-refractivity contribution >= 4 is 5.97 Å². The first-order valence-corrected chi connectivity index (χ1v) is 6.20. The summed E-state index contributed by atoms with van der Waals surface area (Å²) >= 11 is 0. The van der Waals surface area contributed by atoms with Gasteiger partial charge >= 0.3 is 5.97 Å². The van der Waals surface area contributed by atoms with Gasteiger partial charge in [0, 0.05) is 12.6 Å². The Morgan fingerprint density at radius 1 is 1.24 bits per heavy atom. The lowest BCUT2D eigenvalue weighted by Gasteiger charge is -2.19. The second-order valence-electron chi connectivity index (χ2n) is 4.22. The van der Waals surface area contributed by atoms with Gasteiger partial charge < -0.3 is 10.4 Å². The van der Waals surface area contributed by atoms with E-state index in [-0.39, 0.29) is 0 Å². The van der Waals surface area contributed by atoms with E-state index in [9.17, 15) is 9.90 Å². The molecule has 3 heteroatoms. The number of carboxylic acids is 1. The van der Waals surface area contributed by atoms with E-state index >= 15 is 0 Å². The monoisotopic (exact) mass is 235 g/mol. The van der Waals surface area contributed by atoms with E-state index < -0.39 is 11.9 Å². The maximum absolute atomic E-state index is 11.2. The summed E-state index contributed by atoms with van der Waals surface area (Å²) in [6.45, 7) is 4.71. The highest BCUT2D eigenvalue weighted by Gasteiger charge is 2.20. The standard InChI is InChI=1S/C14H21NO2/c1-3-12(4-2)15-10-13(14(16)17)11-8-6-5-7-9-11/h5-9,12-13,15H,3-4,10H2,1-2H3,(H,16,17). The zero-order valence-electron chi connectivity index (χ0n) is 10.5. The lowest BCUT2D eigenvalue weighted by atomic mass is 9.98. The van der Waals surface area contributed by atoms with Crippen LogP contribution in [-0.4, -0.2) is 23.7 Å². The van der Waals surface area contributed by atoms with E-state index in [4.69, 9.17) is 0 Å². The number of rotatable bonds is 7. The number of hydrogen-bond acceptors (Lipinski definition) is 2. The largest absolute Gasteiger partial charge is 0.481 e. The highest BCUT2D eigenvalue weighted by atomic mass is 16.4. The first kappa shape index (κ1) is 13.7. The van der Waals surface area contributed by atoms with Crippen LogP contribution in [0.2, 0.25) is 0 Å². The van der Waals surface area contributed by atoms with Crippen LogP contribution < -0.4 is 5.32 Å². The van der Waals surface area contributed by atoms with Gasteiger partial charge in [0.1, 0.15) is 0 Å². The summed E-state index contributed by atoms with van der Waals surface area (Å²) in [6.07, 6.45) is 2.05. The fourth-order valence-corrected chi connectivity index (χ4v) is 1.89. The van der Waals surface area contributed by atoms with Gasteiger partial charge in [-0.25, -0.2) is 0 Å². The van der Waals surface area contributed by atoms with Crippen molar-refractivity contribution in [2.45, 2.75) is 38.6 Å². The Kier molecular flexibility index (Phi) is 5.70. The number of carboxylic acid groups (broad SMARTS) is 1. The zero-order chi connectivity index (χ0) is 12.7. The van der Waals surface area contributed by atoms with Gasteiger partial charge in [-0.15, -0.1) is 0 Å². The molecule has 1 aromatic rings. The van der Waals surface area contributed by atoms with Crippen LogP contribution in [0.25, 0.3) is 0 Å². The fraction of sp³-hybridized carbons (Fsp3) is 0.500. The Morgan fingerprint density at radius 3 is 2.29 bits per heavy atom. The summed E-state index contributed by atoms with van der Waals surface area (Å²) in [5, 5.41) is 12.6. The van der Waals surface area contributed by atoms with Gasteiger partial charge in [0.15, 0.2) is 0 Å². The van der Waals surface area contributed by atoms with Crippen molar-refractivity contribution in [3.05, 3.63) is 35.9 Å². The molecule has 1 atom stereocenters. The van der Waals surface area contributed by atoms with Gasteiger partial charge in [-0.1, -0.05) is 44.2 Å². The molecule has 1 aromatic carbocycles. The minimum Gasteiger partial charge on any atom is -0.481 e. The second-order valence-corrected chi connectivity index (χ2v) is 4.22. The third kappa shape index (κ3) is 4.19. The fourth-order valence-electron chi connectivity index (χ4n) is 1.89. The molecule has 0 aliphatic carbocycles. The van der Waals surface area contributed by atoms with Crippen LogP contribution >= 0.6 is 0 Å². The SMILES string of the molecule is CCC(CC)NCC(C(=O)O)c1ccccc1. The van der Waals surface area contributed by atoms with Gasteiger partial charge in [-0.3, -0.25) is 4.79 Å². The van der Waals surface area contributed by atoms with E-state index in [0.717, 1.165) is 18.4 Å². The highest BCUT2D eigenvalue weighted by Crippen LogP contribution is 2.15. The van der Waals surface area contributed by atoms with Crippen molar-refractivity contribution in [3.8, 4) is 0 Å². The van der Waals surface area contributed by atoms with Crippen LogP contribution in [-0.2, 0) is 4.79 Å². The van der Waals surface area contributed by atoms with Crippen molar-refractivity contribution < 1.29 is 9.90 Å². The second kappa shape index (κ2) is 7.07. The average Bonchev–Trinajstić information content (AvgIpc) is 2.35. The molecule has 3 nitrogen and oxygen atoms in total. The van der Waals surface area contributed by atoms with Gasteiger partial charge in [-0.2, -0.15) is 0 Å². The van der Waals surface area contributed by atoms with Crippen LogP contribution in [0.4, 0.5) is 0 Å². The molecular weight excluding hydrogens is 214 g/mol. The predicted octanol–water partition coefficient (Wildman–Crippen LogP) is 2.63. The molecule has 0 amide bonds. The Bertz CT molecular complexity index is 333. The Balaban J connectivity index is 2.65. The van der Waals surface area contributed by atoms with Crippen molar-refractivity contribution in [1.82, 2.24) is 5.32 Å². The molecule has 1 unspecified atom stereocenters. The van der Waals surface area contributed by atoms with E-state index in [0.29, 0.717) is 12.6 Å². The summed E-state index contributed by atoms with van der Waals surface area (Å²) in [7, 11) is 0. The molecule has 0 bridgehead atoms. The lowest BCUT2D eigenvalue weighted by Crippen LogP contribution is -2.34. The average molecular weight is 235 g/mol. The molecule has 0 aliphatic heterocycles. The maximum atomic E-state index is 11.2.